The van der Waals surface area contributed by atoms with Crippen LogP contribution in [0.15, 0.2) is 82.2 Å². The maximum absolute atomic E-state index is 13.2. The van der Waals surface area contributed by atoms with Crippen molar-refractivity contribution >= 4 is 16.9 Å². The molecule has 0 fully saturated rings. The Balaban J connectivity index is 1.75. The van der Waals surface area contributed by atoms with E-state index in [1.54, 1.807) is 36.4 Å². The number of benzene rings is 3. The van der Waals surface area contributed by atoms with Gasteiger partial charge in [-0.1, -0.05) is 42.5 Å². The quantitative estimate of drug-likeness (QED) is 0.404. The van der Waals surface area contributed by atoms with E-state index in [-0.39, 0.29) is 29.5 Å². The van der Waals surface area contributed by atoms with Crippen molar-refractivity contribution in [3.8, 4) is 22.6 Å². The molecule has 1 atom stereocenters. The molecule has 2 heterocycles. The molecule has 0 aliphatic carbocycles. The highest BCUT2D eigenvalue weighted by Crippen LogP contribution is 2.43. The smallest absolute Gasteiger partial charge is 0.312 e. The van der Waals surface area contributed by atoms with Gasteiger partial charge in [-0.2, -0.15) is 0 Å². The van der Waals surface area contributed by atoms with E-state index in [1.807, 2.05) is 30.3 Å². The summed E-state index contributed by atoms with van der Waals surface area (Å²) in [6.07, 6.45) is 1.59. The van der Waals surface area contributed by atoms with Gasteiger partial charge in [-0.05, 0) is 35.4 Å². The largest absolute Gasteiger partial charge is 0.508 e. The summed E-state index contributed by atoms with van der Waals surface area (Å²) in [5.74, 6) is -0.147. The molecule has 142 valence electrons. The summed E-state index contributed by atoms with van der Waals surface area (Å²) in [5, 5.41) is 10.0. The monoisotopic (exact) mass is 384 g/mol. The number of aromatic hydroxyl groups is 1. The van der Waals surface area contributed by atoms with Crippen molar-refractivity contribution < 1.29 is 19.1 Å². The van der Waals surface area contributed by atoms with Crippen molar-refractivity contribution in [1.29, 1.82) is 0 Å². The van der Waals surface area contributed by atoms with Crippen LogP contribution in [-0.4, -0.2) is 11.1 Å². The summed E-state index contributed by atoms with van der Waals surface area (Å²) >= 11 is 0. The first-order chi connectivity index (χ1) is 14.1. The van der Waals surface area contributed by atoms with Crippen molar-refractivity contribution in [2.24, 2.45) is 0 Å². The molecule has 1 aromatic heterocycles. The molecule has 5 nitrogen and oxygen atoms in total. The third kappa shape index (κ3) is 2.88. The highest BCUT2D eigenvalue weighted by molar-refractivity contribution is 5.90. The average Bonchev–Trinajstić information content (AvgIpc) is 2.74. The highest BCUT2D eigenvalue weighted by atomic mass is 16.5. The normalized spacial score (nSPS) is 15.7. The minimum atomic E-state index is -0.349. The van der Waals surface area contributed by atoms with Crippen LogP contribution < -0.4 is 10.2 Å². The number of hydrogen-bond acceptors (Lipinski definition) is 5. The number of esters is 1. The molecule has 4 aromatic rings. The molecule has 1 aliphatic heterocycles. The number of ether oxygens (including phenoxy) is 1. The van der Waals surface area contributed by atoms with Crippen LogP contribution in [0, 0.1) is 0 Å². The van der Waals surface area contributed by atoms with Crippen LogP contribution in [0.1, 0.15) is 23.5 Å². The van der Waals surface area contributed by atoms with Crippen molar-refractivity contribution in [3.05, 3.63) is 94.3 Å². The first-order valence-corrected chi connectivity index (χ1v) is 9.25. The standard InChI is InChI=1S/C24H16O5/c25-16-8-6-15(7-9-16)18-12-21(26)29-20-11-10-17-23(27)19(13-28-24(17)22(18)20)14-4-2-1-3-5-14/h1-11,13,18,25H,12H2/t18-/m1/s1. The van der Waals surface area contributed by atoms with Gasteiger partial charge in [-0.15, -0.1) is 0 Å². The second-order valence-corrected chi connectivity index (χ2v) is 7.02. The van der Waals surface area contributed by atoms with E-state index in [0.29, 0.717) is 27.8 Å². The molecule has 0 radical (unpaired) electrons. The van der Waals surface area contributed by atoms with E-state index in [1.165, 1.54) is 6.26 Å². The molecule has 5 rings (SSSR count). The van der Waals surface area contributed by atoms with Gasteiger partial charge in [-0.25, -0.2) is 0 Å². The Labute approximate surface area is 165 Å². The highest BCUT2D eigenvalue weighted by Gasteiger charge is 2.32. The zero-order chi connectivity index (χ0) is 20.0. The molecule has 0 saturated heterocycles. The fraction of sp³-hybridized carbons (Fsp3) is 0.0833. The number of carbonyl (C=O) groups excluding carboxylic acids is 1. The van der Waals surface area contributed by atoms with Gasteiger partial charge < -0.3 is 14.3 Å². The SMILES string of the molecule is O=C1C[C@H](c2ccc(O)cc2)c2c(ccc3c(=O)c(-c4ccccc4)coc23)O1. The molecule has 3 aromatic carbocycles. The van der Waals surface area contributed by atoms with Crippen LogP contribution in [-0.2, 0) is 4.79 Å². The Kier molecular flexibility index (Phi) is 3.95. The summed E-state index contributed by atoms with van der Waals surface area (Å²) < 4.78 is 11.4. The zero-order valence-corrected chi connectivity index (χ0v) is 15.3. The summed E-state index contributed by atoms with van der Waals surface area (Å²) in [4.78, 5) is 25.3. The number of phenols is 1. The predicted octanol–water partition coefficient (Wildman–Crippen LogP) is 4.61. The predicted molar refractivity (Wildman–Crippen MR) is 108 cm³/mol. The Morgan fingerprint density at radius 2 is 1.66 bits per heavy atom. The Hall–Kier alpha value is -3.86. The van der Waals surface area contributed by atoms with E-state index in [0.717, 1.165) is 11.1 Å². The minimum absolute atomic E-state index is 0.126. The van der Waals surface area contributed by atoms with E-state index >= 15 is 0 Å². The lowest BCUT2D eigenvalue weighted by atomic mass is 9.85. The fourth-order valence-corrected chi connectivity index (χ4v) is 3.86. The van der Waals surface area contributed by atoms with E-state index < -0.39 is 0 Å². The molecule has 5 heteroatoms. The minimum Gasteiger partial charge on any atom is -0.508 e. The van der Waals surface area contributed by atoms with Crippen molar-refractivity contribution in [1.82, 2.24) is 0 Å². The maximum Gasteiger partial charge on any atom is 0.312 e. The first-order valence-electron chi connectivity index (χ1n) is 9.25. The van der Waals surface area contributed by atoms with E-state index in [4.69, 9.17) is 9.15 Å². The van der Waals surface area contributed by atoms with Crippen LogP contribution in [0.5, 0.6) is 11.5 Å². The van der Waals surface area contributed by atoms with Crippen molar-refractivity contribution in [3.63, 3.8) is 0 Å². The topological polar surface area (TPSA) is 76.7 Å². The number of fused-ring (bicyclic) bond motifs is 3. The van der Waals surface area contributed by atoms with E-state index in [2.05, 4.69) is 0 Å². The molecular formula is C24H16O5. The Morgan fingerprint density at radius 1 is 0.897 bits per heavy atom. The molecule has 0 amide bonds. The second kappa shape index (κ2) is 6.63. The average molecular weight is 384 g/mol. The van der Waals surface area contributed by atoms with E-state index in [9.17, 15) is 14.7 Å². The van der Waals surface area contributed by atoms with Gasteiger partial charge in [0.1, 0.15) is 23.3 Å². The number of phenolic OH excluding ortho intramolecular Hbond substituents is 1. The molecule has 29 heavy (non-hydrogen) atoms. The summed E-state index contributed by atoms with van der Waals surface area (Å²) in [6, 6.07) is 19.3. The lowest BCUT2D eigenvalue weighted by molar-refractivity contribution is -0.135. The van der Waals surface area contributed by atoms with Crippen LogP contribution in [0.25, 0.3) is 22.1 Å². The van der Waals surface area contributed by atoms with Gasteiger partial charge >= 0.3 is 5.97 Å². The van der Waals surface area contributed by atoms with Gasteiger partial charge in [0, 0.05) is 11.5 Å². The summed E-state index contributed by atoms with van der Waals surface area (Å²) in [6.45, 7) is 0. The van der Waals surface area contributed by atoms with Crippen LogP contribution in [0.2, 0.25) is 0 Å². The first kappa shape index (κ1) is 17.3. The van der Waals surface area contributed by atoms with Gasteiger partial charge in [0.05, 0.1) is 17.4 Å². The number of rotatable bonds is 2. The molecule has 1 N–H and O–H groups in total. The molecular weight excluding hydrogens is 368 g/mol. The van der Waals surface area contributed by atoms with Gasteiger partial charge in [0.25, 0.3) is 0 Å². The third-order valence-corrected chi connectivity index (χ3v) is 5.26. The fourth-order valence-electron chi connectivity index (χ4n) is 3.86. The second-order valence-electron chi connectivity index (χ2n) is 7.02. The van der Waals surface area contributed by atoms with Crippen LogP contribution in [0.3, 0.4) is 0 Å². The molecule has 1 aliphatic rings. The molecule has 0 saturated carbocycles. The number of hydrogen-bond donors (Lipinski definition) is 1. The van der Waals surface area contributed by atoms with Crippen LogP contribution >= 0.6 is 0 Å². The molecule has 0 unspecified atom stereocenters. The zero-order valence-electron chi connectivity index (χ0n) is 15.3. The van der Waals surface area contributed by atoms with Gasteiger partial charge in [0.2, 0.25) is 5.43 Å². The summed E-state index contributed by atoms with van der Waals surface area (Å²) in [5.41, 5.74) is 3.04. The summed E-state index contributed by atoms with van der Waals surface area (Å²) in [7, 11) is 0. The Morgan fingerprint density at radius 3 is 2.41 bits per heavy atom. The van der Waals surface area contributed by atoms with Gasteiger partial charge in [0.15, 0.2) is 0 Å². The lowest BCUT2D eigenvalue weighted by Crippen LogP contribution is -2.22. The molecule has 0 bridgehead atoms. The van der Waals surface area contributed by atoms with Gasteiger partial charge in [-0.3, -0.25) is 9.59 Å². The maximum atomic E-state index is 13.2. The molecule has 0 spiro atoms. The van der Waals surface area contributed by atoms with Crippen LogP contribution in [0.4, 0.5) is 0 Å². The number of carbonyl (C=O) groups is 1. The van der Waals surface area contributed by atoms with Crippen molar-refractivity contribution in [2.45, 2.75) is 12.3 Å². The third-order valence-electron chi connectivity index (χ3n) is 5.26. The lowest BCUT2D eigenvalue weighted by Gasteiger charge is -2.25. The Bertz CT molecular complexity index is 1290. The van der Waals surface area contributed by atoms with Crippen molar-refractivity contribution in [2.75, 3.05) is 0 Å².